The highest BCUT2D eigenvalue weighted by atomic mass is 32.1. The SMILES string of the molecule is CC(C)OP(=O)(OC(C)C)C(=O)Cc1cccs1. The van der Waals surface area contributed by atoms with Crippen molar-refractivity contribution in [2.24, 2.45) is 0 Å². The Bertz CT molecular complexity index is 411. The zero-order valence-electron chi connectivity index (χ0n) is 11.1. The first-order valence-corrected chi connectivity index (χ1v) is 8.28. The summed E-state index contributed by atoms with van der Waals surface area (Å²) in [6, 6.07) is 3.68. The minimum Gasteiger partial charge on any atom is -0.300 e. The second-order valence-corrected chi connectivity index (χ2v) is 7.40. The lowest BCUT2D eigenvalue weighted by Crippen LogP contribution is -2.15. The molecule has 6 heteroatoms. The molecule has 102 valence electrons. The van der Waals surface area contributed by atoms with Gasteiger partial charge in [0.25, 0.3) is 0 Å². The van der Waals surface area contributed by atoms with E-state index in [0.717, 1.165) is 4.88 Å². The molecule has 0 aliphatic carbocycles. The molecule has 0 aliphatic rings. The van der Waals surface area contributed by atoms with Crippen LogP contribution in [0.25, 0.3) is 0 Å². The van der Waals surface area contributed by atoms with Gasteiger partial charge < -0.3 is 9.05 Å². The molecule has 4 nitrogen and oxygen atoms in total. The monoisotopic (exact) mass is 290 g/mol. The number of hydrogen-bond acceptors (Lipinski definition) is 5. The Labute approximate surface area is 112 Å². The molecule has 1 rings (SSSR count). The molecule has 0 aliphatic heterocycles. The minimum absolute atomic E-state index is 0.0917. The van der Waals surface area contributed by atoms with Gasteiger partial charge in [0.15, 0.2) is 0 Å². The van der Waals surface area contributed by atoms with Gasteiger partial charge >= 0.3 is 7.60 Å². The molecule has 0 aromatic carbocycles. The van der Waals surface area contributed by atoms with E-state index in [1.807, 2.05) is 17.5 Å². The summed E-state index contributed by atoms with van der Waals surface area (Å²) in [6.07, 6.45) is -0.544. The maximum Gasteiger partial charge on any atom is 0.397 e. The van der Waals surface area contributed by atoms with Crippen molar-refractivity contribution in [1.29, 1.82) is 0 Å². The van der Waals surface area contributed by atoms with Gasteiger partial charge in [0.1, 0.15) is 0 Å². The summed E-state index contributed by atoms with van der Waals surface area (Å²) in [5.74, 6) is 0. The Morgan fingerprint density at radius 2 is 1.83 bits per heavy atom. The van der Waals surface area contributed by atoms with Crippen molar-refractivity contribution in [3.63, 3.8) is 0 Å². The lowest BCUT2D eigenvalue weighted by Gasteiger charge is -2.21. The van der Waals surface area contributed by atoms with E-state index in [1.54, 1.807) is 27.7 Å². The second-order valence-electron chi connectivity index (χ2n) is 4.46. The van der Waals surface area contributed by atoms with Crippen LogP contribution in [0.3, 0.4) is 0 Å². The highest BCUT2D eigenvalue weighted by Crippen LogP contribution is 2.52. The Morgan fingerprint density at radius 1 is 1.28 bits per heavy atom. The highest BCUT2D eigenvalue weighted by molar-refractivity contribution is 7.71. The van der Waals surface area contributed by atoms with E-state index in [9.17, 15) is 9.36 Å². The Balaban J connectivity index is 2.82. The summed E-state index contributed by atoms with van der Waals surface area (Å²) in [7, 11) is -3.70. The van der Waals surface area contributed by atoms with Crippen LogP contribution in [0, 0.1) is 0 Å². The van der Waals surface area contributed by atoms with Crippen molar-refractivity contribution in [1.82, 2.24) is 0 Å². The fourth-order valence-electron chi connectivity index (χ4n) is 1.36. The first-order valence-electron chi connectivity index (χ1n) is 5.86. The van der Waals surface area contributed by atoms with E-state index in [2.05, 4.69) is 0 Å². The average molecular weight is 290 g/mol. The van der Waals surface area contributed by atoms with Gasteiger partial charge in [-0.3, -0.25) is 9.36 Å². The predicted octanol–water partition coefficient (Wildman–Crippen LogP) is 3.86. The maximum absolute atomic E-state index is 12.5. The molecule has 0 saturated carbocycles. The van der Waals surface area contributed by atoms with Crippen LogP contribution in [0.1, 0.15) is 32.6 Å². The molecule has 0 spiro atoms. The van der Waals surface area contributed by atoms with Crippen molar-refractivity contribution >= 4 is 24.5 Å². The van der Waals surface area contributed by atoms with Crippen LogP contribution in [0.4, 0.5) is 0 Å². The number of rotatable bonds is 7. The van der Waals surface area contributed by atoms with E-state index in [1.165, 1.54) is 11.3 Å². The van der Waals surface area contributed by atoms with Gasteiger partial charge in [0.05, 0.1) is 18.6 Å². The molecule has 18 heavy (non-hydrogen) atoms. The number of thiophene rings is 1. The molecule has 0 amide bonds. The van der Waals surface area contributed by atoms with Crippen LogP contribution in [-0.4, -0.2) is 17.7 Å². The van der Waals surface area contributed by atoms with Crippen LogP contribution in [0.5, 0.6) is 0 Å². The molecule has 0 fully saturated rings. The normalized spacial score (nSPS) is 12.3. The zero-order chi connectivity index (χ0) is 13.8. The lowest BCUT2D eigenvalue weighted by atomic mass is 10.4. The Morgan fingerprint density at radius 3 is 2.22 bits per heavy atom. The van der Waals surface area contributed by atoms with E-state index in [-0.39, 0.29) is 18.6 Å². The van der Waals surface area contributed by atoms with Gasteiger partial charge in [-0.1, -0.05) is 6.07 Å². The molecule has 1 heterocycles. The summed E-state index contributed by atoms with van der Waals surface area (Å²) in [6.45, 7) is 6.92. The van der Waals surface area contributed by atoms with E-state index in [4.69, 9.17) is 9.05 Å². The molecule has 0 N–H and O–H groups in total. The standard InChI is InChI=1S/C12H19O4PS/c1-9(2)15-17(14,16-10(3)4)12(13)8-11-6-5-7-18-11/h5-7,9-10H,8H2,1-4H3. The Hall–Kier alpha value is -0.480. The summed E-state index contributed by atoms with van der Waals surface area (Å²) in [5.41, 5.74) is -0.479. The topological polar surface area (TPSA) is 52.6 Å². The van der Waals surface area contributed by atoms with Crippen LogP contribution in [0.2, 0.25) is 0 Å². The third-order valence-electron chi connectivity index (χ3n) is 1.91. The van der Waals surface area contributed by atoms with Gasteiger partial charge in [-0.15, -0.1) is 11.3 Å². The fraction of sp³-hybridized carbons (Fsp3) is 0.583. The quantitative estimate of drug-likeness (QED) is 0.715. The number of carbonyl (C=O) groups excluding carboxylic acids is 1. The Kier molecular flexibility index (Phi) is 5.73. The van der Waals surface area contributed by atoms with E-state index < -0.39 is 13.1 Å². The van der Waals surface area contributed by atoms with E-state index in [0.29, 0.717) is 0 Å². The third-order valence-corrected chi connectivity index (χ3v) is 4.95. The fourth-order valence-corrected chi connectivity index (χ4v) is 3.93. The molecule has 1 aromatic rings. The number of carbonyl (C=O) groups is 1. The maximum atomic E-state index is 12.5. The largest absolute Gasteiger partial charge is 0.397 e. The molecule has 0 saturated heterocycles. The second kappa shape index (κ2) is 6.62. The summed E-state index contributed by atoms with van der Waals surface area (Å²) < 4.78 is 23.0. The zero-order valence-corrected chi connectivity index (χ0v) is 12.8. The van der Waals surface area contributed by atoms with Gasteiger partial charge in [0, 0.05) is 4.88 Å². The summed E-state index contributed by atoms with van der Waals surface area (Å²) in [5, 5.41) is 1.88. The average Bonchev–Trinajstić information content (AvgIpc) is 2.67. The van der Waals surface area contributed by atoms with Crippen molar-refractivity contribution in [2.75, 3.05) is 0 Å². The van der Waals surface area contributed by atoms with Crippen molar-refractivity contribution in [2.45, 2.75) is 46.3 Å². The molecular formula is C12H19O4PS. The van der Waals surface area contributed by atoms with Crippen molar-refractivity contribution < 1.29 is 18.4 Å². The summed E-state index contributed by atoms with van der Waals surface area (Å²) in [4.78, 5) is 13.0. The molecule has 0 atom stereocenters. The van der Waals surface area contributed by atoms with Crippen molar-refractivity contribution in [3.05, 3.63) is 22.4 Å². The van der Waals surface area contributed by atoms with Crippen LogP contribution in [-0.2, 0) is 24.8 Å². The van der Waals surface area contributed by atoms with Gasteiger partial charge in [-0.05, 0) is 39.1 Å². The first-order chi connectivity index (χ1) is 8.33. The molecular weight excluding hydrogens is 271 g/mol. The number of hydrogen-bond donors (Lipinski definition) is 0. The van der Waals surface area contributed by atoms with Gasteiger partial charge in [0.2, 0.25) is 5.52 Å². The van der Waals surface area contributed by atoms with Crippen LogP contribution >= 0.6 is 18.9 Å². The van der Waals surface area contributed by atoms with Gasteiger partial charge in [-0.25, -0.2) is 0 Å². The third kappa shape index (κ3) is 4.65. The smallest absolute Gasteiger partial charge is 0.300 e. The first kappa shape index (κ1) is 15.6. The molecule has 0 radical (unpaired) electrons. The van der Waals surface area contributed by atoms with Crippen LogP contribution < -0.4 is 0 Å². The summed E-state index contributed by atoms with van der Waals surface area (Å²) >= 11 is 1.45. The van der Waals surface area contributed by atoms with Crippen LogP contribution in [0.15, 0.2) is 17.5 Å². The van der Waals surface area contributed by atoms with Gasteiger partial charge in [-0.2, -0.15) is 0 Å². The van der Waals surface area contributed by atoms with E-state index >= 15 is 0 Å². The molecule has 0 bridgehead atoms. The predicted molar refractivity (Wildman–Crippen MR) is 73.1 cm³/mol. The highest BCUT2D eigenvalue weighted by Gasteiger charge is 2.36. The lowest BCUT2D eigenvalue weighted by molar-refractivity contribution is -0.113. The molecule has 0 unspecified atom stereocenters. The van der Waals surface area contributed by atoms with Crippen molar-refractivity contribution in [3.8, 4) is 0 Å². The minimum atomic E-state index is -3.70. The molecule has 1 aromatic heterocycles.